The number of cyclic esters (lactones) is 1. The van der Waals surface area contributed by atoms with E-state index >= 15 is 4.39 Å². The van der Waals surface area contributed by atoms with Crippen molar-refractivity contribution in [2.45, 2.75) is 6.10 Å². The van der Waals surface area contributed by atoms with Crippen LogP contribution in [0, 0.1) is 5.82 Å². The van der Waals surface area contributed by atoms with Crippen molar-refractivity contribution in [3.05, 3.63) is 35.6 Å². The highest BCUT2D eigenvalue weighted by atomic mass is 32.1. The number of carbonyl (C=O) groups is 2. The van der Waals surface area contributed by atoms with Crippen LogP contribution in [0.5, 0.6) is 0 Å². The molecule has 3 amide bonds. The Morgan fingerprint density at radius 1 is 1.41 bits per heavy atom. The van der Waals surface area contributed by atoms with Gasteiger partial charge in [-0.15, -0.1) is 11.3 Å². The summed E-state index contributed by atoms with van der Waals surface area (Å²) in [7, 11) is 1.45. The highest BCUT2D eigenvalue weighted by Gasteiger charge is 2.33. The van der Waals surface area contributed by atoms with E-state index in [9.17, 15) is 9.59 Å². The monoisotopic (exact) mass is 509 g/mol. The van der Waals surface area contributed by atoms with Crippen LogP contribution in [0.3, 0.4) is 0 Å². The minimum atomic E-state index is -0.553. The van der Waals surface area contributed by atoms with E-state index in [2.05, 4.69) is 21.0 Å². The van der Waals surface area contributed by atoms with Gasteiger partial charge in [-0.05, 0) is 30.4 Å². The summed E-state index contributed by atoms with van der Waals surface area (Å²) in [6.45, 7) is 2.26. The van der Waals surface area contributed by atoms with Crippen LogP contribution < -0.4 is 25.9 Å². The fourth-order valence-corrected chi connectivity index (χ4v) is 4.22. The zero-order valence-electron chi connectivity index (χ0n) is 18.3. The molecular formula is C20H24FN7O4S2. The molecule has 1 aromatic carbocycles. The number of methoxy groups -OCH3 is 1. The zero-order valence-corrected chi connectivity index (χ0v) is 20.0. The number of amides is 3. The molecular weight excluding hydrogens is 485 g/mol. The van der Waals surface area contributed by atoms with Gasteiger partial charge in [-0.3, -0.25) is 15.2 Å². The summed E-state index contributed by atoms with van der Waals surface area (Å²) < 4.78 is 25.3. The van der Waals surface area contributed by atoms with Crippen molar-refractivity contribution in [2.75, 3.05) is 61.5 Å². The van der Waals surface area contributed by atoms with Crippen LogP contribution in [0.15, 0.2) is 29.8 Å². The maximum absolute atomic E-state index is 15.1. The lowest BCUT2D eigenvalue weighted by Crippen LogP contribution is -2.46. The minimum Gasteiger partial charge on any atom is -0.474 e. The van der Waals surface area contributed by atoms with Crippen LogP contribution in [-0.2, 0) is 9.47 Å². The van der Waals surface area contributed by atoms with Gasteiger partial charge >= 0.3 is 12.1 Å². The van der Waals surface area contributed by atoms with Crippen molar-refractivity contribution in [3.8, 4) is 0 Å². The van der Waals surface area contributed by atoms with Gasteiger partial charge in [-0.25, -0.2) is 24.4 Å². The number of nitrogens with zero attached hydrogens (tertiary/aromatic N) is 4. The summed E-state index contributed by atoms with van der Waals surface area (Å²) >= 11 is 6.25. The average Bonchev–Trinajstić information content (AvgIpc) is 3.40. The molecule has 182 valence electrons. The molecule has 1 aromatic heterocycles. The Bertz CT molecular complexity index is 1040. The quantitative estimate of drug-likeness (QED) is 0.521. The molecule has 11 nitrogen and oxygen atoms in total. The van der Waals surface area contributed by atoms with E-state index < -0.39 is 18.0 Å². The number of benzene rings is 1. The van der Waals surface area contributed by atoms with Crippen molar-refractivity contribution in [3.63, 3.8) is 0 Å². The Balaban J connectivity index is 1.36. The van der Waals surface area contributed by atoms with E-state index in [-0.39, 0.29) is 17.8 Å². The summed E-state index contributed by atoms with van der Waals surface area (Å²) in [6.07, 6.45) is 0.615. The van der Waals surface area contributed by atoms with Crippen molar-refractivity contribution < 1.29 is 23.5 Å². The van der Waals surface area contributed by atoms with Gasteiger partial charge in [0.05, 0.1) is 38.1 Å². The number of hydrogen-bond donors (Lipinski definition) is 3. The molecule has 2 aliphatic rings. The van der Waals surface area contributed by atoms with Gasteiger partial charge in [-0.2, -0.15) is 0 Å². The number of aromatic nitrogens is 1. The van der Waals surface area contributed by atoms with E-state index in [0.29, 0.717) is 49.2 Å². The molecule has 2 aromatic rings. The van der Waals surface area contributed by atoms with E-state index in [1.165, 1.54) is 34.4 Å². The summed E-state index contributed by atoms with van der Waals surface area (Å²) in [5.41, 5.74) is 3.84. The number of anilines is 3. The fraction of sp³-hybridized carbons (Fsp3) is 0.400. The minimum absolute atomic E-state index is 0.205. The van der Waals surface area contributed by atoms with E-state index in [1.54, 1.807) is 23.7 Å². The van der Waals surface area contributed by atoms with Crippen LogP contribution in [0.25, 0.3) is 0 Å². The third kappa shape index (κ3) is 5.63. The number of halogens is 1. The highest BCUT2D eigenvalue weighted by Crippen LogP contribution is 2.28. The molecule has 4 rings (SSSR count). The van der Waals surface area contributed by atoms with Crippen LogP contribution in [-0.4, -0.2) is 79.8 Å². The van der Waals surface area contributed by atoms with Crippen molar-refractivity contribution in [2.24, 2.45) is 0 Å². The van der Waals surface area contributed by atoms with Gasteiger partial charge in [0.2, 0.25) is 0 Å². The molecule has 1 atom stereocenters. The maximum atomic E-state index is 15.1. The molecule has 0 bridgehead atoms. The van der Waals surface area contributed by atoms with Crippen LogP contribution in [0.4, 0.5) is 30.5 Å². The van der Waals surface area contributed by atoms with Crippen molar-refractivity contribution in [1.82, 2.24) is 20.7 Å². The standard InChI is InChI=1S/C20H24FN7O4S2/c1-31-19(33)23-11-14-12-27(20(30)32-14)13-2-3-16(15(21)10-13)26-6-4-24-28(8-7-26)18(29)25-17-22-5-9-34-17/h2-3,5,9-10,14,24H,4,6-8,11-12H2,1H3,(H,23,33)(H,22,25,29)/t14-/m0/s1. The second kappa shape index (κ2) is 10.8. The van der Waals surface area contributed by atoms with Crippen molar-refractivity contribution >= 4 is 57.4 Å². The molecule has 34 heavy (non-hydrogen) atoms. The normalized spacial score (nSPS) is 18.4. The molecule has 0 spiro atoms. The summed E-state index contributed by atoms with van der Waals surface area (Å²) in [6, 6.07) is 4.31. The number of rotatable bonds is 5. The molecule has 0 aliphatic carbocycles. The Morgan fingerprint density at radius 2 is 2.26 bits per heavy atom. The Kier molecular flexibility index (Phi) is 7.59. The first-order chi connectivity index (χ1) is 16.4. The third-order valence-electron chi connectivity index (χ3n) is 5.29. The van der Waals surface area contributed by atoms with Crippen LogP contribution >= 0.6 is 23.6 Å². The van der Waals surface area contributed by atoms with Gasteiger partial charge in [0.25, 0.3) is 5.17 Å². The van der Waals surface area contributed by atoms with Gasteiger partial charge < -0.3 is 19.7 Å². The predicted octanol–water partition coefficient (Wildman–Crippen LogP) is 1.99. The van der Waals surface area contributed by atoms with E-state index in [1.807, 2.05) is 4.90 Å². The lowest BCUT2D eigenvalue weighted by Gasteiger charge is -2.24. The lowest BCUT2D eigenvalue weighted by molar-refractivity contribution is 0.142. The van der Waals surface area contributed by atoms with Crippen molar-refractivity contribution in [1.29, 1.82) is 0 Å². The van der Waals surface area contributed by atoms with Gasteiger partial charge in [0, 0.05) is 31.2 Å². The van der Waals surface area contributed by atoms with Gasteiger partial charge in [0.15, 0.2) is 5.13 Å². The van der Waals surface area contributed by atoms with Gasteiger partial charge in [0.1, 0.15) is 11.9 Å². The van der Waals surface area contributed by atoms with E-state index in [4.69, 9.17) is 21.7 Å². The molecule has 14 heteroatoms. The molecule has 2 aliphatic heterocycles. The number of thiazole rings is 1. The third-order valence-corrected chi connectivity index (χ3v) is 6.29. The number of urea groups is 1. The number of hydrogen-bond acceptors (Lipinski definition) is 9. The predicted molar refractivity (Wildman–Crippen MR) is 130 cm³/mol. The van der Waals surface area contributed by atoms with E-state index in [0.717, 1.165) is 0 Å². The largest absolute Gasteiger partial charge is 0.474 e. The zero-order chi connectivity index (χ0) is 24.1. The summed E-state index contributed by atoms with van der Waals surface area (Å²) in [5.74, 6) is -0.465. The summed E-state index contributed by atoms with van der Waals surface area (Å²) in [4.78, 5) is 32.0. The number of carbonyl (C=O) groups excluding carboxylic acids is 2. The lowest BCUT2D eigenvalue weighted by atomic mass is 10.2. The number of thiocarbonyl (C=S) groups is 1. The highest BCUT2D eigenvalue weighted by molar-refractivity contribution is 7.80. The Morgan fingerprint density at radius 3 is 3.00 bits per heavy atom. The van der Waals surface area contributed by atoms with Gasteiger partial charge in [-0.1, -0.05) is 0 Å². The first-order valence-electron chi connectivity index (χ1n) is 10.5. The molecule has 3 N–H and O–H groups in total. The smallest absolute Gasteiger partial charge is 0.414 e. The number of ether oxygens (including phenoxy) is 2. The molecule has 0 saturated carbocycles. The topological polar surface area (TPSA) is 111 Å². The summed E-state index contributed by atoms with van der Waals surface area (Å²) in [5, 5.41) is 9.51. The molecule has 0 radical (unpaired) electrons. The Labute approximate surface area is 204 Å². The second-order valence-electron chi connectivity index (χ2n) is 7.44. The first kappa shape index (κ1) is 23.9. The maximum Gasteiger partial charge on any atom is 0.414 e. The average molecular weight is 510 g/mol. The SMILES string of the molecule is COC(=S)NC[C@H]1CN(c2ccc(N3CCNN(C(=O)Nc4nccs4)CC3)c(F)c2)C(=O)O1. The second-order valence-corrected chi connectivity index (χ2v) is 8.70. The van der Waals surface area contributed by atoms with Crippen LogP contribution in [0.1, 0.15) is 0 Å². The number of hydrazine groups is 1. The molecule has 2 saturated heterocycles. The number of nitrogens with one attached hydrogen (secondary N) is 3. The molecule has 2 fully saturated rings. The van der Waals surface area contributed by atoms with Crippen LogP contribution in [0.2, 0.25) is 0 Å². The fourth-order valence-electron chi connectivity index (χ4n) is 3.62. The first-order valence-corrected chi connectivity index (χ1v) is 11.8. The molecule has 0 unspecified atom stereocenters. The Hall–Kier alpha value is -3.23. The molecule has 3 heterocycles.